The summed E-state index contributed by atoms with van der Waals surface area (Å²) in [5, 5.41) is 1.81. The maximum atomic E-state index is 13.3. The third kappa shape index (κ3) is 3.70. The summed E-state index contributed by atoms with van der Waals surface area (Å²) < 4.78 is 79.5. The number of hydrogen-bond donors (Lipinski definition) is 0. The van der Waals surface area contributed by atoms with Crippen LogP contribution in [0.25, 0.3) is 33.4 Å². The van der Waals surface area contributed by atoms with Crippen molar-refractivity contribution in [2.75, 3.05) is 0 Å². The highest BCUT2D eigenvalue weighted by Crippen LogP contribution is 2.41. The molecule has 0 amide bonds. The van der Waals surface area contributed by atoms with Crippen molar-refractivity contribution < 1.29 is 26.3 Å². The van der Waals surface area contributed by atoms with E-state index in [2.05, 4.69) is 12.1 Å². The zero-order chi connectivity index (χ0) is 27.8. The topological polar surface area (TPSA) is 0 Å². The molecule has 6 heteroatoms. The van der Waals surface area contributed by atoms with E-state index in [4.69, 9.17) is 0 Å². The fourth-order valence-electron chi connectivity index (χ4n) is 5.89. The molecule has 0 nitrogen and oxygen atoms in total. The summed E-state index contributed by atoms with van der Waals surface area (Å²) in [6, 6.07) is 30.1. The van der Waals surface area contributed by atoms with Crippen LogP contribution in [0, 0.1) is 0 Å². The van der Waals surface area contributed by atoms with Gasteiger partial charge in [0.25, 0.3) is 0 Å². The first-order chi connectivity index (χ1) is 19.1. The van der Waals surface area contributed by atoms with Gasteiger partial charge in [-0.2, -0.15) is 26.3 Å². The van der Waals surface area contributed by atoms with Crippen LogP contribution < -0.4 is 10.4 Å². The van der Waals surface area contributed by atoms with E-state index in [1.165, 1.54) is 24.3 Å². The van der Waals surface area contributed by atoms with E-state index in [1.807, 2.05) is 48.5 Å². The summed E-state index contributed by atoms with van der Waals surface area (Å²) in [6.07, 6.45) is -8.85. The maximum Gasteiger partial charge on any atom is 0.416 e. The average Bonchev–Trinajstić information content (AvgIpc) is 3.43. The molecule has 0 radical (unpaired) electrons. The SMILES string of the molecule is FC(F)(F)c1ccc(C2=c3cc4c(cc3-c3ccccc32)=C(c2ccc(C(F)(F)F)cc2)c2ccccc2-4)cc1. The van der Waals surface area contributed by atoms with Gasteiger partial charge in [-0.25, -0.2) is 0 Å². The molecule has 0 saturated carbocycles. The van der Waals surface area contributed by atoms with Crippen molar-refractivity contribution in [3.05, 3.63) is 153 Å². The van der Waals surface area contributed by atoms with Gasteiger partial charge in [0.05, 0.1) is 11.1 Å². The van der Waals surface area contributed by atoms with E-state index in [-0.39, 0.29) is 0 Å². The lowest BCUT2D eigenvalue weighted by Crippen LogP contribution is -2.15. The van der Waals surface area contributed by atoms with Crippen LogP contribution in [0.1, 0.15) is 33.4 Å². The minimum absolute atomic E-state index is 0.678. The van der Waals surface area contributed by atoms with Crippen LogP contribution in [-0.4, -0.2) is 0 Å². The fraction of sp³-hybridized carbons (Fsp3) is 0.0588. The second-order valence-electron chi connectivity index (χ2n) is 9.93. The quantitative estimate of drug-likeness (QED) is 0.194. The number of halogens is 6. The Labute approximate surface area is 225 Å². The van der Waals surface area contributed by atoms with Gasteiger partial charge in [0.1, 0.15) is 0 Å². The molecule has 0 fully saturated rings. The molecule has 7 rings (SSSR count). The molecule has 0 N–H and O–H groups in total. The standard InChI is InChI=1S/C34H18F6/c35-33(36,37)21-13-9-19(10-14-21)31-25-7-3-1-5-23(25)27-17-30-28(18-29(27)31)24-6-2-4-8-26(24)32(30)20-11-15-22(16-12-20)34(38,39)40/h1-18H. The van der Waals surface area contributed by atoms with Crippen LogP contribution in [0.2, 0.25) is 0 Å². The predicted octanol–water partition coefficient (Wildman–Crippen LogP) is 8.18. The van der Waals surface area contributed by atoms with E-state index in [1.54, 1.807) is 0 Å². The summed E-state index contributed by atoms with van der Waals surface area (Å²) >= 11 is 0. The van der Waals surface area contributed by atoms with E-state index in [9.17, 15) is 26.3 Å². The highest BCUT2D eigenvalue weighted by Gasteiger charge is 2.32. The van der Waals surface area contributed by atoms with Crippen molar-refractivity contribution in [2.45, 2.75) is 12.4 Å². The second kappa shape index (κ2) is 8.46. The Hall–Kier alpha value is -4.58. The monoisotopic (exact) mass is 540 g/mol. The highest BCUT2D eigenvalue weighted by atomic mass is 19.4. The minimum atomic E-state index is -4.43. The molecule has 0 aromatic heterocycles. The van der Waals surface area contributed by atoms with Crippen molar-refractivity contribution in [1.82, 2.24) is 0 Å². The Morgan fingerprint density at radius 3 is 1.00 bits per heavy atom. The van der Waals surface area contributed by atoms with Gasteiger partial charge in [0.15, 0.2) is 0 Å². The van der Waals surface area contributed by atoms with Crippen LogP contribution in [0.15, 0.2) is 109 Å². The maximum absolute atomic E-state index is 13.3. The first-order valence-electron chi connectivity index (χ1n) is 12.6. The van der Waals surface area contributed by atoms with Crippen LogP contribution >= 0.6 is 0 Å². The summed E-state index contributed by atoms with van der Waals surface area (Å²) in [7, 11) is 0. The lowest BCUT2D eigenvalue weighted by Gasteiger charge is -2.10. The van der Waals surface area contributed by atoms with Crippen molar-refractivity contribution in [2.24, 2.45) is 0 Å². The Bertz CT molecular complexity index is 1800. The molecule has 196 valence electrons. The molecule has 0 heterocycles. The van der Waals surface area contributed by atoms with Crippen LogP contribution in [0.3, 0.4) is 0 Å². The minimum Gasteiger partial charge on any atom is -0.166 e. The summed E-state index contributed by atoms with van der Waals surface area (Å²) in [5.74, 6) is 0. The fourth-order valence-corrected chi connectivity index (χ4v) is 5.89. The molecule has 0 unspecified atom stereocenters. The van der Waals surface area contributed by atoms with Gasteiger partial charge in [-0.1, -0.05) is 72.8 Å². The molecule has 2 aliphatic carbocycles. The van der Waals surface area contributed by atoms with Gasteiger partial charge < -0.3 is 0 Å². The Morgan fingerprint density at radius 1 is 0.350 bits per heavy atom. The average molecular weight is 541 g/mol. The van der Waals surface area contributed by atoms with Gasteiger partial charge in [0, 0.05) is 0 Å². The Balaban J connectivity index is 1.52. The number of alkyl halides is 6. The predicted molar refractivity (Wildman–Crippen MR) is 143 cm³/mol. The van der Waals surface area contributed by atoms with E-state index in [0.717, 1.165) is 79.2 Å². The van der Waals surface area contributed by atoms with Gasteiger partial charge in [-0.3, -0.25) is 0 Å². The summed E-state index contributed by atoms with van der Waals surface area (Å²) in [6.45, 7) is 0. The molecular weight excluding hydrogens is 522 g/mol. The number of fused-ring (bicyclic) bond motifs is 6. The summed E-state index contributed by atoms with van der Waals surface area (Å²) in [5.41, 5.74) is 7.26. The lowest BCUT2D eigenvalue weighted by molar-refractivity contribution is -0.138. The van der Waals surface area contributed by atoms with Crippen LogP contribution in [-0.2, 0) is 12.4 Å². The molecule has 40 heavy (non-hydrogen) atoms. The molecule has 5 aromatic carbocycles. The van der Waals surface area contributed by atoms with E-state index < -0.39 is 23.5 Å². The number of rotatable bonds is 2. The molecule has 0 bridgehead atoms. The second-order valence-corrected chi connectivity index (χ2v) is 9.93. The van der Waals surface area contributed by atoms with Crippen LogP contribution in [0.5, 0.6) is 0 Å². The third-order valence-corrected chi connectivity index (χ3v) is 7.67. The zero-order valence-corrected chi connectivity index (χ0v) is 20.7. The number of benzene rings is 5. The van der Waals surface area contributed by atoms with Crippen molar-refractivity contribution in [3.8, 4) is 22.3 Å². The molecule has 2 aliphatic rings. The van der Waals surface area contributed by atoms with Crippen molar-refractivity contribution in [3.63, 3.8) is 0 Å². The third-order valence-electron chi connectivity index (χ3n) is 7.67. The lowest BCUT2D eigenvalue weighted by atomic mass is 9.96. The Kier molecular flexibility index (Phi) is 5.17. The van der Waals surface area contributed by atoms with Crippen molar-refractivity contribution >= 4 is 11.1 Å². The van der Waals surface area contributed by atoms with Gasteiger partial charge >= 0.3 is 12.4 Å². The molecule has 0 atom stereocenters. The molecular formula is C34H18F6. The molecule has 0 saturated heterocycles. The first kappa shape index (κ1) is 24.5. The normalized spacial score (nSPS) is 13.7. The van der Waals surface area contributed by atoms with Gasteiger partial charge in [-0.15, -0.1) is 0 Å². The van der Waals surface area contributed by atoms with Gasteiger partial charge in [-0.05, 0) is 102 Å². The van der Waals surface area contributed by atoms with E-state index >= 15 is 0 Å². The molecule has 0 aliphatic heterocycles. The summed E-state index contributed by atoms with van der Waals surface area (Å²) in [4.78, 5) is 0. The van der Waals surface area contributed by atoms with Gasteiger partial charge in [0.2, 0.25) is 0 Å². The number of hydrogen-bond acceptors (Lipinski definition) is 0. The first-order valence-corrected chi connectivity index (χ1v) is 12.6. The zero-order valence-electron chi connectivity index (χ0n) is 20.7. The van der Waals surface area contributed by atoms with Crippen LogP contribution in [0.4, 0.5) is 26.3 Å². The molecule has 0 spiro atoms. The van der Waals surface area contributed by atoms with E-state index in [0.29, 0.717) is 11.1 Å². The smallest absolute Gasteiger partial charge is 0.166 e. The van der Waals surface area contributed by atoms with Crippen molar-refractivity contribution in [1.29, 1.82) is 0 Å². The highest BCUT2D eigenvalue weighted by molar-refractivity contribution is 6.00. The molecule has 5 aromatic rings. The Morgan fingerprint density at radius 2 is 0.675 bits per heavy atom. The largest absolute Gasteiger partial charge is 0.416 e.